The van der Waals surface area contributed by atoms with Gasteiger partial charge in [0, 0.05) is 36.0 Å². The number of benzene rings is 4. The molecule has 0 radical (unpaired) electrons. The normalized spacial score (nSPS) is 15.9. The lowest BCUT2D eigenvalue weighted by Gasteiger charge is -2.32. The number of halogens is 1. The number of carbonyl (C=O) groups is 1. The molecule has 5 aromatic rings. The summed E-state index contributed by atoms with van der Waals surface area (Å²) >= 11 is 0. The van der Waals surface area contributed by atoms with E-state index in [1.165, 1.54) is 22.7 Å². The summed E-state index contributed by atoms with van der Waals surface area (Å²) in [7, 11) is -3.47. The number of fused-ring (bicyclic) bond motifs is 1. The van der Waals surface area contributed by atoms with Gasteiger partial charge in [-0.2, -0.15) is 0 Å². The molecule has 220 valence electrons. The van der Waals surface area contributed by atoms with Crippen LogP contribution in [0, 0.1) is 5.82 Å². The average Bonchev–Trinajstić information content (AvgIpc) is 3.36. The minimum absolute atomic E-state index is 0.121. The Morgan fingerprint density at radius 2 is 1.67 bits per heavy atom. The number of aromatic nitrogens is 1. The van der Waals surface area contributed by atoms with Crippen molar-refractivity contribution in [1.82, 2.24) is 8.87 Å². The average molecular weight is 599 g/mol. The molecule has 4 aromatic carbocycles. The Labute approximate surface area is 249 Å². The molecule has 0 spiro atoms. The number of rotatable bonds is 8. The van der Waals surface area contributed by atoms with Gasteiger partial charge in [0.25, 0.3) is 0 Å². The van der Waals surface area contributed by atoms with E-state index in [2.05, 4.69) is 0 Å². The molecule has 1 N–H and O–H groups in total. The van der Waals surface area contributed by atoms with Crippen molar-refractivity contribution in [3.05, 3.63) is 120 Å². The van der Waals surface area contributed by atoms with Crippen LogP contribution in [0.1, 0.15) is 40.4 Å². The molecule has 1 fully saturated rings. The molecular formula is C34H31FN2O5S. The van der Waals surface area contributed by atoms with Crippen LogP contribution in [0.4, 0.5) is 4.39 Å². The number of nitrogens with zero attached hydrogens (tertiary/aromatic N) is 2. The van der Waals surface area contributed by atoms with Crippen molar-refractivity contribution in [2.45, 2.75) is 25.4 Å². The lowest BCUT2D eigenvalue weighted by molar-refractivity contribution is 0.0697. The van der Waals surface area contributed by atoms with Crippen LogP contribution in [-0.4, -0.2) is 47.7 Å². The van der Waals surface area contributed by atoms with E-state index in [1.807, 2.05) is 53.1 Å². The molecule has 2 heterocycles. The van der Waals surface area contributed by atoms with Crippen molar-refractivity contribution >= 4 is 26.9 Å². The van der Waals surface area contributed by atoms with E-state index in [0.29, 0.717) is 53.9 Å². The second-order valence-corrected chi connectivity index (χ2v) is 12.8. The topological polar surface area (TPSA) is 88.8 Å². The first-order chi connectivity index (χ1) is 20.7. The van der Waals surface area contributed by atoms with Gasteiger partial charge in [0.2, 0.25) is 10.0 Å². The lowest BCUT2D eigenvalue weighted by Crippen LogP contribution is -2.39. The molecular weight excluding hydrogens is 567 g/mol. The molecule has 0 bridgehead atoms. The van der Waals surface area contributed by atoms with Crippen LogP contribution in [0.3, 0.4) is 0 Å². The Kier molecular flexibility index (Phi) is 7.77. The van der Waals surface area contributed by atoms with E-state index in [1.54, 1.807) is 36.4 Å². The number of aromatic carboxylic acids is 1. The standard InChI is InChI=1S/C34H31FN2O5S/c1-43(40,41)36-20-8-11-24(21-36)33-31(27-12-5-6-13-28(27)34(38)39)32-29(37(33)26-18-16-25(35)17-19-26)14-7-15-30(32)42-22-23-9-3-2-4-10-23/h2-7,9-10,12-19,24H,8,11,20-22H2,1H3,(H,38,39). The second-order valence-electron chi connectivity index (χ2n) is 10.8. The highest BCUT2D eigenvalue weighted by molar-refractivity contribution is 7.88. The zero-order valence-electron chi connectivity index (χ0n) is 23.6. The number of carboxylic acid groups (broad SMARTS) is 1. The van der Waals surface area contributed by atoms with Gasteiger partial charge in [0.05, 0.1) is 22.7 Å². The third-order valence-corrected chi connectivity index (χ3v) is 9.25. The van der Waals surface area contributed by atoms with E-state index in [4.69, 9.17) is 4.74 Å². The van der Waals surface area contributed by atoms with Crippen LogP contribution < -0.4 is 4.74 Å². The van der Waals surface area contributed by atoms with Gasteiger partial charge in [0.15, 0.2) is 0 Å². The fourth-order valence-corrected chi connectivity index (χ4v) is 6.98. The predicted molar refractivity (Wildman–Crippen MR) is 165 cm³/mol. The van der Waals surface area contributed by atoms with Gasteiger partial charge in [-0.25, -0.2) is 21.9 Å². The Morgan fingerprint density at radius 3 is 2.40 bits per heavy atom. The first kappa shape index (κ1) is 28.6. The number of sulfonamides is 1. The van der Waals surface area contributed by atoms with Crippen molar-refractivity contribution < 1.29 is 27.4 Å². The van der Waals surface area contributed by atoms with E-state index < -0.39 is 16.0 Å². The van der Waals surface area contributed by atoms with Gasteiger partial charge in [-0.15, -0.1) is 0 Å². The van der Waals surface area contributed by atoms with E-state index in [9.17, 15) is 22.7 Å². The van der Waals surface area contributed by atoms with Crippen molar-refractivity contribution in [3.63, 3.8) is 0 Å². The summed E-state index contributed by atoms with van der Waals surface area (Å²) in [5.41, 5.74) is 4.46. The van der Waals surface area contributed by atoms with Gasteiger partial charge in [-0.05, 0) is 66.4 Å². The molecule has 0 amide bonds. The summed E-state index contributed by atoms with van der Waals surface area (Å²) in [6.07, 6.45) is 2.53. The Bertz CT molecular complexity index is 1900. The summed E-state index contributed by atoms with van der Waals surface area (Å²) in [4.78, 5) is 12.5. The molecule has 6 rings (SSSR count). The van der Waals surface area contributed by atoms with Crippen LogP contribution in [0.5, 0.6) is 5.75 Å². The third-order valence-electron chi connectivity index (χ3n) is 7.98. The fraction of sp³-hybridized carbons (Fsp3) is 0.206. The summed E-state index contributed by atoms with van der Waals surface area (Å²) in [6.45, 7) is 0.944. The van der Waals surface area contributed by atoms with Gasteiger partial charge in [-0.3, -0.25) is 0 Å². The fourth-order valence-electron chi connectivity index (χ4n) is 6.06. The van der Waals surface area contributed by atoms with Gasteiger partial charge >= 0.3 is 5.97 Å². The minimum Gasteiger partial charge on any atom is -0.488 e. The Balaban J connectivity index is 1.68. The van der Waals surface area contributed by atoms with Gasteiger partial charge in [0.1, 0.15) is 18.2 Å². The first-order valence-corrected chi connectivity index (χ1v) is 15.9. The zero-order valence-corrected chi connectivity index (χ0v) is 24.4. The van der Waals surface area contributed by atoms with Crippen LogP contribution in [0.2, 0.25) is 0 Å². The molecule has 1 aliphatic heterocycles. The second kappa shape index (κ2) is 11.7. The van der Waals surface area contributed by atoms with Crippen LogP contribution >= 0.6 is 0 Å². The minimum atomic E-state index is -3.47. The van der Waals surface area contributed by atoms with Crippen LogP contribution in [-0.2, 0) is 16.6 Å². The third kappa shape index (κ3) is 5.66. The van der Waals surface area contributed by atoms with Crippen molar-refractivity contribution in [2.75, 3.05) is 19.3 Å². The number of piperidine rings is 1. The van der Waals surface area contributed by atoms with Crippen molar-refractivity contribution in [3.8, 4) is 22.6 Å². The molecule has 1 atom stereocenters. The van der Waals surface area contributed by atoms with Crippen molar-refractivity contribution in [2.24, 2.45) is 0 Å². The van der Waals surface area contributed by atoms with E-state index in [-0.39, 0.29) is 23.8 Å². The predicted octanol–water partition coefficient (Wildman–Crippen LogP) is 6.85. The monoisotopic (exact) mass is 598 g/mol. The zero-order chi connectivity index (χ0) is 30.1. The summed E-state index contributed by atoms with van der Waals surface area (Å²) < 4.78 is 49.4. The highest BCUT2D eigenvalue weighted by atomic mass is 32.2. The highest BCUT2D eigenvalue weighted by Gasteiger charge is 2.34. The SMILES string of the molecule is CS(=O)(=O)N1CCCC(c2c(-c3ccccc3C(=O)O)c3c(OCc4ccccc4)cccc3n2-c2ccc(F)cc2)C1. The van der Waals surface area contributed by atoms with Crippen LogP contribution in [0.25, 0.3) is 27.7 Å². The van der Waals surface area contributed by atoms with E-state index in [0.717, 1.165) is 16.8 Å². The van der Waals surface area contributed by atoms with Crippen LogP contribution in [0.15, 0.2) is 97.1 Å². The smallest absolute Gasteiger partial charge is 0.336 e. The molecule has 43 heavy (non-hydrogen) atoms. The Morgan fingerprint density at radius 1 is 0.953 bits per heavy atom. The summed E-state index contributed by atoms with van der Waals surface area (Å²) in [5.74, 6) is -1.17. The molecule has 0 aliphatic carbocycles. The lowest BCUT2D eigenvalue weighted by atomic mass is 9.88. The number of hydrogen-bond acceptors (Lipinski definition) is 4. The number of carboxylic acids is 1. The molecule has 1 saturated heterocycles. The summed E-state index contributed by atoms with van der Waals surface area (Å²) in [5, 5.41) is 11.0. The largest absolute Gasteiger partial charge is 0.488 e. The quantitative estimate of drug-likeness (QED) is 0.211. The Hall–Kier alpha value is -4.47. The molecule has 7 nitrogen and oxygen atoms in total. The molecule has 0 saturated carbocycles. The van der Waals surface area contributed by atoms with E-state index >= 15 is 0 Å². The first-order valence-electron chi connectivity index (χ1n) is 14.1. The number of hydrogen-bond donors (Lipinski definition) is 1. The van der Waals surface area contributed by atoms with Gasteiger partial charge in [-0.1, -0.05) is 54.6 Å². The summed E-state index contributed by atoms with van der Waals surface area (Å²) in [6, 6.07) is 28.4. The van der Waals surface area contributed by atoms with Gasteiger partial charge < -0.3 is 14.4 Å². The maximum Gasteiger partial charge on any atom is 0.336 e. The molecule has 1 aromatic heterocycles. The molecule has 1 aliphatic rings. The van der Waals surface area contributed by atoms with Crippen molar-refractivity contribution in [1.29, 1.82) is 0 Å². The maximum atomic E-state index is 14.1. The highest BCUT2D eigenvalue weighted by Crippen LogP contribution is 2.47. The maximum absolute atomic E-state index is 14.1. The molecule has 1 unspecified atom stereocenters. The number of ether oxygens (including phenoxy) is 1. The molecule has 9 heteroatoms.